The average Bonchev–Trinajstić information content (AvgIpc) is 3.13. The van der Waals surface area contributed by atoms with Crippen molar-refractivity contribution >= 4 is 29.7 Å². The van der Waals surface area contributed by atoms with Gasteiger partial charge < -0.3 is 10.8 Å². The van der Waals surface area contributed by atoms with Gasteiger partial charge in [0.05, 0.1) is 0 Å². The van der Waals surface area contributed by atoms with E-state index in [1.54, 1.807) is 30.2 Å². The lowest BCUT2D eigenvalue weighted by atomic mass is 10.3. The van der Waals surface area contributed by atoms with Gasteiger partial charge in [-0.3, -0.25) is 0 Å². The van der Waals surface area contributed by atoms with Crippen LogP contribution in [0.4, 0.5) is 18.9 Å². The van der Waals surface area contributed by atoms with Crippen LogP contribution in [0.25, 0.3) is 0 Å². The number of hydrogen-bond donors (Lipinski definition) is 2. The van der Waals surface area contributed by atoms with E-state index in [0.717, 1.165) is 23.6 Å². The summed E-state index contributed by atoms with van der Waals surface area (Å²) in [6.07, 6.45) is -5.35. The lowest BCUT2D eigenvalue weighted by Crippen LogP contribution is -2.26. The minimum atomic E-state index is -4.60. The summed E-state index contributed by atoms with van der Waals surface area (Å²) in [7, 11) is 0. The van der Waals surface area contributed by atoms with E-state index in [4.69, 9.17) is 22.4 Å². The molecule has 0 spiro atoms. The van der Waals surface area contributed by atoms with Gasteiger partial charge in [0.15, 0.2) is 0 Å². The van der Waals surface area contributed by atoms with Crippen molar-refractivity contribution in [2.24, 2.45) is 5.92 Å². The van der Waals surface area contributed by atoms with E-state index in [9.17, 15) is 13.2 Å². The Balaban J connectivity index is 0.000000359. The number of benzene rings is 1. The summed E-state index contributed by atoms with van der Waals surface area (Å²) in [5, 5.41) is 9.09. The maximum atomic E-state index is 11.6. The van der Waals surface area contributed by atoms with Crippen LogP contribution in [-0.2, 0) is 0 Å². The number of halogens is 5. The van der Waals surface area contributed by atoms with Crippen LogP contribution in [0.3, 0.4) is 0 Å². The van der Waals surface area contributed by atoms with E-state index in [-0.39, 0.29) is 18.3 Å². The first-order valence-corrected chi connectivity index (χ1v) is 5.93. The molecule has 1 saturated carbocycles. The van der Waals surface area contributed by atoms with Gasteiger partial charge in [-0.25, -0.2) is 0 Å². The van der Waals surface area contributed by atoms with E-state index in [1.807, 2.05) is 0 Å². The molecule has 1 aromatic rings. The molecule has 1 aliphatic rings. The van der Waals surface area contributed by atoms with Crippen LogP contribution in [0.5, 0.6) is 0 Å². The van der Waals surface area contributed by atoms with Crippen LogP contribution in [0.2, 0.25) is 5.02 Å². The Bertz CT molecular complexity index is 440. The van der Waals surface area contributed by atoms with Crippen molar-refractivity contribution in [1.29, 1.82) is 0 Å². The molecule has 3 N–H and O–H groups in total. The normalized spacial score (nSPS) is 14.8. The molecular weight excluding hydrogens is 314 g/mol. The number of rotatable bonds is 0. The van der Waals surface area contributed by atoms with Crippen molar-refractivity contribution in [2.45, 2.75) is 25.1 Å². The minimum Gasteiger partial charge on any atom is -0.399 e. The van der Waals surface area contributed by atoms with Gasteiger partial charge in [0.1, 0.15) is 0 Å². The second-order valence-corrected chi connectivity index (χ2v) is 4.50. The number of aliphatic hydroxyl groups excluding tert-OH is 1. The zero-order chi connectivity index (χ0) is 14.5. The van der Waals surface area contributed by atoms with Crippen LogP contribution in [0.1, 0.15) is 12.8 Å². The molecule has 2 nitrogen and oxygen atoms in total. The molecule has 1 aromatic carbocycles. The third kappa shape index (κ3) is 8.16. The number of alkyl halides is 3. The number of hydrogen-bond acceptors (Lipinski definition) is 2. The quantitative estimate of drug-likeness (QED) is 0.564. The monoisotopic (exact) mass is 327 g/mol. The van der Waals surface area contributed by atoms with Gasteiger partial charge in [-0.1, -0.05) is 23.4 Å². The van der Waals surface area contributed by atoms with Gasteiger partial charge in [0.25, 0.3) is 0 Å². The van der Waals surface area contributed by atoms with Crippen molar-refractivity contribution in [3.63, 3.8) is 0 Å². The number of nitrogens with two attached hydrogens (primary N) is 1. The Morgan fingerprint density at radius 3 is 2.10 bits per heavy atom. The first-order chi connectivity index (χ1) is 8.79. The van der Waals surface area contributed by atoms with Gasteiger partial charge in [0.2, 0.25) is 6.10 Å². The zero-order valence-corrected chi connectivity index (χ0v) is 11.9. The van der Waals surface area contributed by atoms with Crippen LogP contribution < -0.4 is 5.73 Å². The molecule has 7 heteroatoms. The standard InChI is InChI=1S/C7H7F3O.C6H6ClN.ClH/c8-7(9,10)6(11)4-3-5-1-2-5;7-5-1-3-6(8)4-2-5;/h5-6,11H,1-2H2;1-4H,8H2;1H/t6-;;/m0../s1. The molecule has 1 atom stereocenters. The van der Waals surface area contributed by atoms with E-state index < -0.39 is 12.3 Å². The third-order valence-electron chi connectivity index (χ3n) is 2.18. The molecule has 0 aliphatic heterocycles. The number of nitrogen functional groups attached to an aromatic ring is 1. The highest BCUT2D eigenvalue weighted by atomic mass is 35.5. The van der Waals surface area contributed by atoms with Crippen molar-refractivity contribution in [1.82, 2.24) is 0 Å². The highest BCUT2D eigenvalue weighted by molar-refractivity contribution is 6.30. The maximum absolute atomic E-state index is 11.6. The SMILES string of the molecule is Cl.Nc1ccc(Cl)cc1.O[C@@H](C#CC1CC1)C(F)(F)F. The molecule has 0 aromatic heterocycles. The summed E-state index contributed by atoms with van der Waals surface area (Å²) in [5.41, 5.74) is 6.11. The predicted molar refractivity (Wildman–Crippen MR) is 75.7 cm³/mol. The second-order valence-electron chi connectivity index (χ2n) is 4.06. The van der Waals surface area contributed by atoms with Crippen molar-refractivity contribution in [3.8, 4) is 11.8 Å². The van der Waals surface area contributed by atoms with Crippen LogP contribution in [0.15, 0.2) is 24.3 Å². The summed E-state index contributed by atoms with van der Waals surface area (Å²) in [4.78, 5) is 0. The highest BCUT2D eigenvalue weighted by Crippen LogP contribution is 2.28. The predicted octanol–water partition coefficient (Wildman–Crippen LogP) is 3.67. The lowest BCUT2D eigenvalue weighted by Gasteiger charge is -2.06. The van der Waals surface area contributed by atoms with E-state index in [0.29, 0.717) is 0 Å². The molecule has 0 saturated heterocycles. The van der Waals surface area contributed by atoms with Gasteiger partial charge >= 0.3 is 6.18 Å². The molecule has 0 radical (unpaired) electrons. The summed E-state index contributed by atoms with van der Waals surface area (Å²) in [6, 6.07) is 7.05. The van der Waals surface area contributed by atoms with Crippen molar-refractivity contribution in [2.75, 3.05) is 5.73 Å². The van der Waals surface area contributed by atoms with Gasteiger partial charge in [-0.15, -0.1) is 12.4 Å². The van der Waals surface area contributed by atoms with Crippen molar-refractivity contribution < 1.29 is 18.3 Å². The third-order valence-corrected chi connectivity index (χ3v) is 2.43. The zero-order valence-electron chi connectivity index (χ0n) is 10.3. The lowest BCUT2D eigenvalue weighted by molar-refractivity contribution is -0.184. The Hall–Kier alpha value is -1.09. The molecule has 0 heterocycles. The maximum Gasteiger partial charge on any atom is 0.425 e. The summed E-state index contributed by atoms with van der Waals surface area (Å²) < 4.78 is 34.7. The van der Waals surface area contributed by atoms with E-state index in [2.05, 4.69) is 5.92 Å². The summed E-state index contributed by atoms with van der Waals surface area (Å²) in [6.45, 7) is 0. The largest absolute Gasteiger partial charge is 0.425 e. The van der Waals surface area contributed by atoms with Crippen molar-refractivity contribution in [3.05, 3.63) is 29.3 Å². The Morgan fingerprint density at radius 2 is 1.75 bits per heavy atom. The summed E-state index contributed by atoms with van der Waals surface area (Å²) >= 11 is 5.56. The van der Waals surface area contributed by atoms with Gasteiger partial charge in [0, 0.05) is 16.6 Å². The van der Waals surface area contributed by atoms with E-state index in [1.165, 1.54) is 0 Å². The fourth-order valence-electron chi connectivity index (χ4n) is 0.969. The van der Waals surface area contributed by atoms with Gasteiger partial charge in [-0.2, -0.15) is 13.2 Å². The number of anilines is 1. The molecule has 2 rings (SSSR count). The number of aliphatic hydroxyl groups is 1. The van der Waals surface area contributed by atoms with Crippen LogP contribution >= 0.6 is 24.0 Å². The molecule has 0 amide bonds. The fraction of sp³-hybridized carbons (Fsp3) is 0.385. The van der Waals surface area contributed by atoms with Gasteiger partial charge in [-0.05, 0) is 37.1 Å². The fourth-order valence-corrected chi connectivity index (χ4v) is 1.10. The molecule has 0 unspecified atom stereocenters. The smallest absolute Gasteiger partial charge is 0.399 e. The Kier molecular flexibility index (Phi) is 7.80. The Labute approximate surface area is 126 Å². The average molecular weight is 328 g/mol. The summed E-state index contributed by atoms with van der Waals surface area (Å²) in [5.74, 6) is 4.20. The molecule has 1 aliphatic carbocycles. The molecule has 0 bridgehead atoms. The molecular formula is C13H14Cl2F3NO. The van der Waals surface area contributed by atoms with E-state index >= 15 is 0 Å². The second kappa shape index (κ2) is 8.25. The molecule has 112 valence electrons. The minimum absolute atomic E-state index is 0. The molecule has 20 heavy (non-hydrogen) atoms. The van der Waals surface area contributed by atoms with Crippen LogP contribution in [0, 0.1) is 17.8 Å². The highest BCUT2D eigenvalue weighted by Gasteiger charge is 2.37. The molecule has 1 fully saturated rings. The first-order valence-electron chi connectivity index (χ1n) is 5.56. The Morgan fingerprint density at radius 1 is 1.25 bits per heavy atom. The first kappa shape index (κ1) is 18.9. The topological polar surface area (TPSA) is 46.2 Å². The van der Waals surface area contributed by atoms with Crippen LogP contribution in [-0.4, -0.2) is 17.4 Å².